The molecule has 0 saturated heterocycles. The van der Waals surface area contributed by atoms with Gasteiger partial charge >= 0.3 is 0 Å². The molecule has 2 aromatic rings. The molecule has 0 radical (unpaired) electrons. The van der Waals surface area contributed by atoms with E-state index in [4.69, 9.17) is 20.4 Å². The van der Waals surface area contributed by atoms with Crippen molar-refractivity contribution in [2.75, 3.05) is 0 Å². The molecule has 0 fully saturated rings. The van der Waals surface area contributed by atoms with Gasteiger partial charge in [-0.05, 0) is 36.4 Å². The van der Waals surface area contributed by atoms with Crippen LogP contribution in [-0.2, 0) is 0 Å². The van der Waals surface area contributed by atoms with Gasteiger partial charge in [0.15, 0.2) is 0 Å². The molecule has 0 heterocycles. The third kappa shape index (κ3) is 4.31. The van der Waals surface area contributed by atoms with E-state index in [2.05, 4.69) is 25.3 Å². The van der Waals surface area contributed by atoms with E-state index in [9.17, 15) is 0 Å². The van der Waals surface area contributed by atoms with Gasteiger partial charge in [0.05, 0.1) is 0 Å². The van der Waals surface area contributed by atoms with Crippen LogP contribution in [0, 0.1) is 0 Å². The minimum absolute atomic E-state index is 0.0798. The molecule has 0 aliphatic rings. The average molecular weight is 284 g/mol. The molecule has 4 nitrogen and oxygen atoms in total. The number of thiol groups is 2. The maximum absolute atomic E-state index is 8.86. The molecule has 0 spiro atoms. The number of hydrogen-bond acceptors (Lipinski definition) is 6. The average Bonchev–Trinajstić information content (AvgIpc) is 2.30. The quantitative estimate of drug-likeness (QED) is 0.332. The Hall–Kier alpha value is -1.66. The molecule has 2 rings (SSSR count). The van der Waals surface area contributed by atoms with Gasteiger partial charge in [0.2, 0.25) is 0 Å². The first-order valence-electron chi connectivity index (χ1n) is 4.82. The number of phenolic OH excluding ortho intramolecular Hbond substituents is 4. The molecule has 0 saturated carbocycles. The van der Waals surface area contributed by atoms with E-state index >= 15 is 0 Å². The summed E-state index contributed by atoms with van der Waals surface area (Å²) in [6.45, 7) is 0. The minimum atomic E-state index is 0.0798. The van der Waals surface area contributed by atoms with E-state index in [-0.39, 0.29) is 23.0 Å². The zero-order valence-corrected chi connectivity index (χ0v) is 10.9. The van der Waals surface area contributed by atoms with Crippen LogP contribution in [0.2, 0.25) is 0 Å². The van der Waals surface area contributed by atoms with Crippen molar-refractivity contribution in [1.29, 1.82) is 0 Å². The molecule has 0 bridgehead atoms. The first-order chi connectivity index (χ1) is 8.40. The second-order valence-corrected chi connectivity index (χ2v) is 4.31. The summed E-state index contributed by atoms with van der Waals surface area (Å²) in [5.41, 5.74) is 0. The second-order valence-electron chi connectivity index (χ2n) is 3.35. The predicted octanol–water partition coefficient (Wildman–Crippen LogP) is 2.77. The van der Waals surface area contributed by atoms with E-state index in [1.807, 2.05) is 0 Å². The van der Waals surface area contributed by atoms with Crippen LogP contribution in [0.5, 0.6) is 23.0 Å². The van der Waals surface area contributed by atoms with Crippen molar-refractivity contribution in [1.82, 2.24) is 0 Å². The normalized spacial score (nSPS) is 9.44. The van der Waals surface area contributed by atoms with E-state index in [0.29, 0.717) is 9.79 Å². The molecule has 0 unspecified atom stereocenters. The number of phenols is 4. The van der Waals surface area contributed by atoms with Crippen molar-refractivity contribution in [3.8, 4) is 23.0 Å². The van der Waals surface area contributed by atoms with Crippen LogP contribution in [0.4, 0.5) is 0 Å². The first-order valence-corrected chi connectivity index (χ1v) is 5.71. The van der Waals surface area contributed by atoms with Crippen LogP contribution in [0.15, 0.2) is 46.2 Å². The van der Waals surface area contributed by atoms with Crippen LogP contribution in [0.1, 0.15) is 0 Å². The monoisotopic (exact) mass is 284 g/mol. The summed E-state index contributed by atoms with van der Waals surface area (Å²) in [5.74, 6) is 0.378. The molecule has 0 atom stereocenters. The molecule has 2 aromatic carbocycles. The van der Waals surface area contributed by atoms with Gasteiger partial charge in [-0.15, -0.1) is 25.3 Å². The molecule has 0 aromatic heterocycles. The van der Waals surface area contributed by atoms with Crippen LogP contribution >= 0.6 is 25.3 Å². The van der Waals surface area contributed by atoms with Crippen molar-refractivity contribution >= 4 is 25.3 Å². The van der Waals surface area contributed by atoms with Crippen molar-refractivity contribution in [3.63, 3.8) is 0 Å². The van der Waals surface area contributed by atoms with Gasteiger partial charge in [0.25, 0.3) is 0 Å². The maximum atomic E-state index is 8.86. The fourth-order valence-electron chi connectivity index (χ4n) is 1.02. The van der Waals surface area contributed by atoms with E-state index in [1.54, 1.807) is 0 Å². The van der Waals surface area contributed by atoms with Crippen LogP contribution in [-0.4, -0.2) is 20.4 Å². The van der Waals surface area contributed by atoms with Gasteiger partial charge in [-0.25, -0.2) is 0 Å². The Morgan fingerprint density at radius 2 is 0.944 bits per heavy atom. The van der Waals surface area contributed by atoms with Crippen molar-refractivity contribution < 1.29 is 20.4 Å². The van der Waals surface area contributed by atoms with Gasteiger partial charge in [0.1, 0.15) is 23.0 Å². The molecule has 0 amide bonds. The Balaban J connectivity index is 0.000000180. The summed E-state index contributed by atoms with van der Waals surface area (Å²) < 4.78 is 0. The van der Waals surface area contributed by atoms with E-state index < -0.39 is 0 Å². The van der Waals surface area contributed by atoms with E-state index in [1.165, 1.54) is 36.4 Å². The molecular formula is C12H12O4S2. The molecule has 96 valence electrons. The summed E-state index contributed by atoms with van der Waals surface area (Å²) in [6, 6.07) is 8.32. The zero-order valence-electron chi connectivity index (χ0n) is 9.15. The third-order valence-electron chi connectivity index (χ3n) is 1.92. The number of rotatable bonds is 0. The lowest BCUT2D eigenvalue weighted by atomic mass is 10.3. The van der Waals surface area contributed by atoms with Gasteiger partial charge in [-0.3, -0.25) is 0 Å². The molecule has 0 aliphatic carbocycles. The Bertz CT molecular complexity index is 494. The highest BCUT2D eigenvalue weighted by Gasteiger charge is 1.95. The lowest BCUT2D eigenvalue weighted by molar-refractivity contribution is 0.449. The molecular weight excluding hydrogens is 272 g/mol. The highest BCUT2D eigenvalue weighted by Crippen LogP contribution is 2.25. The summed E-state index contributed by atoms with van der Waals surface area (Å²) in [7, 11) is 0. The standard InChI is InChI=1S/2C6H6O2S/c2*7-4-1-2-5(8)6(9)3-4/h2*1-3,7-9H. The first kappa shape index (κ1) is 14.4. The number of aromatic hydroxyl groups is 4. The van der Waals surface area contributed by atoms with Crippen molar-refractivity contribution in [2.24, 2.45) is 0 Å². The fourth-order valence-corrected chi connectivity index (χ4v) is 1.44. The number of benzene rings is 2. The Kier molecular flexibility index (Phi) is 5.06. The Morgan fingerprint density at radius 1 is 0.611 bits per heavy atom. The highest BCUT2D eigenvalue weighted by atomic mass is 32.1. The Labute approximate surface area is 115 Å². The van der Waals surface area contributed by atoms with E-state index in [0.717, 1.165) is 0 Å². The topological polar surface area (TPSA) is 80.9 Å². The summed E-state index contributed by atoms with van der Waals surface area (Å²) in [6.07, 6.45) is 0. The maximum Gasteiger partial charge on any atom is 0.129 e. The second kappa shape index (κ2) is 6.32. The fraction of sp³-hybridized carbons (Fsp3) is 0. The lowest BCUT2D eigenvalue weighted by Crippen LogP contribution is -1.67. The Morgan fingerprint density at radius 3 is 1.17 bits per heavy atom. The predicted molar refractivity (Wildman–Crippen MR) is 74.0 cm³/mol. The highest BCUT2D eigenvalue weighted by molar-refractivity contribution is 7.80. The summed E-state index contributed by atoms with van der Waals surface area (Å²) in [4.78, 5) is 0.769. The molecule has 4 N–H and O–H groups in total. The lowest BCUT2D eigenvalue weighted by Gasteiger charge is -1.95. The number of hydrogen-bond donors (Lipinski definition) is 6. The SMILES string of the molecule is Oc1ccc(O)c(S)c1.Oc1ccc(O)c(S)c1. The van der Waals surface area contributed by atoms with Gasteiger partial charge in [-0.2, -0.15) is 0 Å². The van der Waals surface area contributed by atoms with Gasteiger partial charge in [-0.1, -0.05) is 0 Å². The van der Waals surface area contributed by atoms with Gasteiger partial charge in [0, 0.05) is 9.79 Å². The summed E-state index contributed by atoms with van der Waals surface area (Å²) >= 11 is 7.72. The molecule has 18 heavy (non-hydrogen) atoms. The van der Waals surface area contributed by atoms with Crippen LogP contribution in [0.3, 0.4) is 0 Å². The largest absolute Gasteiger partial charge is 0.508 e. The van der Waals surface area contributed by atoms with Crippen molar-refractivity contribution in [3.05, 3.63) is 36.4 Å². The zero-order chi connectivity index (χ0) is 13.7. The molecule has 0 aliphatic heterocycles. The van der Waals surface area contributed by atoms with Gasteiger partial charge < -0.3 is 20.4 Å². The van der Waals surface area contributed by atoms with Crippen LogP contribution in [0.25, 0.3) is 0 Å². The summed E-state index contributed by atoms with van der Waals surface area (Å²) in [5, 5.41) is 35.3. The van der Waals surface area contributed by atoms with Crippen molar-refractivity contribution in [2.45, 2.75) is 9.79 Å². The smallest absolute Gasteiger partial charge is 0.129 e. The van der Waals surface area contributed by atoms with Crippen LogP contribution < -0.4 is 0 Å². The molecule has 6 heteroatoms. The third-order valence-corrected chi connectivity index (χ3v) is 2.63. The minimum Gasteiger partial charge on any atom is -0.508 e.